The Labute approximate surface area is 109 Å². The third-order valence-corrected chi connectivity index (χ3v) is 2.57. The summed E-state index contributed by atoms with van der Waals surface area (Å²) < 4.78 is 19.3. The van der Waals surface area contributed by atoms with Gasteiger partial charge < -0.3 is 10.5 Å². The minimum atomic E-state index is 0.137. The second-order valence-corrected chi connectivity index (χ2v) is 3.91. The van der Waals surface area contributed by atoms with Gasteiger partial charge in [-0.05, 0) is 34.7 Å². The summed E-state index contributed by atoms with van der Waals surface area (Å²) in [6, 6.07) is 7.22. The van der Waals surface area contributed by atoms with E-state index < -0.39 is 0 Å². The zero-order chi connectivity index (χ0) is 13.7. The average molecular weight is 263 g/mol. The van der Waals surface area contributed by atoms with Crippen molar-refractivity contribution in [3.8, 4) is 17.1 Å². The standard InChI is InChI=1S/C12H14FN5O/c1-18-12(15-16-17-18)10-2-4-11(5-3-10)19-8-9(6-13)7-14/h2-6H,7-8,14H2,1H3/b9-6-. The fraction of sp³-hybridized carbons (Fsp3) is 0.250. The Morgan fingerprint density at radius 3 is 2.68 bits per heavy atom. The van der Waals surface area contributed by atoms with Crippen molar-refractivity contribution in [2.45, 2.75) is 0 Å². The lowest BCUT2D eigenvalue weighted by atomic mass is 10.2. The molecule has 7 heteroatoms. The van der Waals surface area contributed by atoms with Crippen molar-refractivity contribution < 1.29 is 9.13 Å². The lowest BCUT2D eigenvalue weighted by Gasteiger charge is -2.07. The van der Waals surface area contributed by atoms with E-state index in [1.807, 2.05) is 12.1 Å². The first-order valence-electron chi connectivity index (χ1n) is 5.68. The smallest absolute Gasteiger partial charge is 0.181 e. The van der Waals surface area contributed by atoms with Crippen molar-refractivity contribution in [2.75, 3.05) is 13.2 Å². The Kier molecular flexibility index (Phi) is 4.19. The maximum atomic E-state index is 12.3. The van der Waals surface area contributed by atoms with E-state index in [9.17, 15) is 4.39 Å². The Bertz CT molecular complexity index is 564. The summed E-state index contributed by atoms with van der Waals surface area (Å²) in [5, 5.41) is 11.2. The monoisotopic (exact) mass is 263 g/mol. The van der Waals surface area contributed by atoms with Crippen LogP contribution in [-0.4, -0.2) is 33.4 Å². The highest BCUT2D eigenvalue weighted by molar-refractivity contribution is 5.55. The highest BCUT2D eigenvalue weighted by Crippen LogP contribution is 2.19. The Morgan fingerprint density at radius 1 is 1.42 bits per heavy atom. The van der Waals surface area contributed by atoms with E-state index >= 15 is 0 Å². The number of aryl methyl sites for hydroxylation is 1. The molecule has 0 aliphatic heterocycles. The zero-order valence-electron chi connectivity index (χ0n) is 10.5. The van der Waals surface area contributed by atoms with Gasteiger partial charge in [0.25, 0.3) is 0 Å². The molecule has 0 saturated carbocycles. The normalized spacial score (nSPS) is 11.6. The average Bonchev–Trinajstić information content (AvgIpc) is 2.87. The topological polar surface area (TPSA) is 78.8 Å². The van der Waals surface area contributed by atoms with Gasteiger partial charge in [0, 0.05) is 24.7 Å². The van der Waals surface area contributed by atoms with Crippen LogP contribution in [0, 0.1) is 0 Å². The van der Waals surface area contributed by atoms with E-state index in [1.54, 1.807) is 23.9 Å². The fourth-order valence-electron chi connectivity index (χ4n) is 1.49. The molecule has 6 nitrogen and oxygen atoms in total. The van der Waals surface area contributed by atoms with Crippen molar-refractivity contribution in [3.63, 3.8) is 0 Å². The van der Waals surface area contributed by atoms with Crippen molar-refractivity contribution in [3.05, 3.63) is 36.2 Å². The molecular formula is C12H14FN5O. The summed E-state index contributed by atoms with van der Waals surface area (Å²) in [7, 11) is 1.76. The number of nitrogens with zero attached hydrogens (tertiary/aromatic N) is 4. The summed E-state index contributed by atoms with van der Waals surface area (Å²) in [4.78, 5) is 0. The summed E-state index contributed by atoms with van der Waals surface area (Å²) in [6.45, 7) is 0.275. The van der Waals surface area contributed by atoms with Crippen LogP contribution in [0.1, 0.15) is 0 Å². The lowest BCUT2D eigenvalue weighted by Crippen LogP contribution is -2.10. The molecule has 0 fully saturated rings. The van der Waals surface area contributed by atoms with Crippen molar-refractivity contribution in [1.29, 1.82) is 0 Å². The summed E-state index contributed by atoms with van der Waals surface area (Å²) in [5.74, 6) is 1.30. The number of hydrogen-bond donors (Lipinski definition) is 1. The van der Waals surface area contributed by atoms with E-state index in [0.717, 1.165) is 5.56 Å². The van der Waals surface area contributed by atoms with Gasteiger partial charge in [0.1, 0.15) is 12.4 Å². The summed E-state index contributed by atoms with van der Waals surface area (Å²) >= 11 is 0. The van der Waals surface area contributed by atoms with Crippen LogP contribution in [0.15, 0.2) is 36.2 Å². The number of aromatic nitrogens is 4. The quantitative estimate of drug-likeness (QED) is 0.872. The van der Waals surface area contributed by atoms with Gasteiger partial charge in [0.2, 0.25) is 0 Å². The number of halogens is 1. The van der Waals surface area contributed by atoms with Crippen LogP contribution in [0.2, 0.25) is 0 Å². The molecule has 100 valence electrons. The largest absolute Gasteiger partial charge is 0.489 e. The van der Waals surface area contributed by atoms with Gasteiger partial charge in [0.15, 0.2) is 5.82 Å². The molecule has 1 aromatic carbocycles. The van der Waals surface area contributed by atoms with Crippen LogP contribution in [0.5, 0.6) is 5.75 Å². The Morgan fingerprint density at radius 2 is 2.16 bits per heavy atom. The third kappa shape index (κ3) is 3.14. The second-order valence-electron chi connectivity index (χ2n) is 3.91. The first-order chi connectivity index (χ1) is 9.24. The molecule has 0 radical (unpaired) electrons. The van der Waals surface area contributed by atoms with Gasteiger partial charge >= 0.3 is 0 Å². The minimum Gasteiger partial charge on any atom is -0.489 e. The summed E-state index contributed by atoms with van der Waals surface area (Å²) in [6.07, 6.45) is 0.472. The van der Waals surface area contributed by atoms with Gasteiger partial charge in [-0.15, -0.1) is 5.10 Å². The molecule has 0 aliphatic rings. The molecule has 2 N–H and O–H groups in total. The molecule has 0 spiro atoms. The molecule has 0 saturated heterocycles. The van der Waals surface area contributed by atoms with Gasteiger partial charge in [-0.1, -0.05) is 0 Å². The van der Waals surface area contributed by atoms with E-state index in [0.29, 0.717) is 23.5 Å². The molecule has 2 rings (SSSR count). The van der Waals surface area contributed by atoms with Gasteiger partial charge in [-0.3, -0.25) is 0 Å². The maximum Gasteiger partial charge on any atom is 0.181 e. The Hall–Kier alpha value is -2.28. The SMILES string of the molecule is Cn1nnnc1-c1ccc(OC/C(=C\F)CN)cc1. The lowest BCUT2D eigenvalue weighted by molar-refractivity contribution is 0.347. The van der Waals surface area contributed by atoms with Gasteiger partial charge in [0.05, 0.1) is 6.33 Å². The van der Waals surface area contributed by atoms with Crippen molar-refractivity contribution in [1.82, 2.24) is 20.2 Å². The molecule has 19 heavy (non-hydrogen) atoms. The molecule has 0 amide bonds. The second kappa shape index (κ2) is 6.05. The molecule has 1 aromatic heterocycles. The predicted octanol–water partition coefficient (Wildman–Crippen LogP) is 1.07. The van der Waals surface area contributed by atoms with E-state index in [1.165, 1.54) is 0 Å². The highest BCUT2D eigenvalue weighted by atomic mass is 19.1. The van der Waals surface area contributed by atoms with Crippen LogP contribution in [-0.2, 0) is 7.05 Å². The number of hydrogen-bond acceptors (Lipinski definition) is 5. The maximum absolute atomic E-state index is 12.3. The highest BCUT2D eigenvalue weighted by Gasteiger charge is 2.05. The number of ether oxygens (including phenoxy) is 1. The van der Waals surface area contributed by atoms with Crippen molar-refractivity contribution in [2.24, 2.45) is 12.8 Å². The Balaban J connectivity index is 2.05. The van der Waals surface area contributed by atoms with Gasteiger partial charge in [-0.25, -0.2) is 9.07 Å². The first-order valence-corrected chi connectivity index (χ1v) is 5.68. The van der Waals surface area contributed by atoms with E-state index in [2.05, 4.69) is 15.5 Å². The molecule has 0 unspecified atom stereocenters. The molecule has 2 aromatic rings. The summed E-state index contributed by atoms with van der Waals surface area (Å²) in [5.41, 5.74) is 6.62. The van der Waals surface area contributed by atoms with Crippen LogP contribution in [0.3, 0.4) is 0 Å². The first kappa shape index (κ1) is 13.2. The minimum absolute atomic E-state index is 0.137. The molecule has 0 bridgehead atoms. The predicted molar refractivity (Wildman–Crippen MR) is 68.0 cm³/mol. The van der Waals surface area contributed by atoms with Crippen LogP contribution in [0.4, 0.5) is 4.39 Å². The van der Waals surface area contributed by atoms with Crippen molar-refractivity contribution >= 4 is 0 Å². The number of benzene rings is 1. The third-order valence-electron chi connectivity index (χ3n) is 2.57. The van der Waals surface area contributed by atoms with E-state index in [-0.39, 0.29) is 13.2 Å². The molecule has 0 aliphatic carbocycles. The van der Waals surface area contributed by atoms with Crippen LogP contribution in [0.25, 0.3) is 11.4 Å². The van der Waals surface area contributed by atoms with Crippen LogP contribution < -0.4 is 10.5 Å². The molecule has 0 atom stereocenters. The van der Waals surface area contributed by atoms with Crippen LogP contribution >= 0.6 is 0 Å². The number of rotatable bonds is 5. The van der Waals surface area contributed by atoms with Gasteiger partial charge in [-0.2, -0.15) is 0 Å². The van der Waals surface area contributed by atoms with E-state index in [4.69, 9.17) is 10.5 Å². The molecular weight excluding hydrogens is 249 g/mol. The zero-order valence-corrected chi connectivity index (χ0v) is 10.5. The molecule has 1 heterocycles. The fourth-order valence-corrected chi connectivity index (χ4v) is 1.49. The number of tetrazole rings is 1. The number of nitrogens with two attached hydrogens (primary N) is 1.